The smallest absolute Gasteiger partial charge is 0.0237 e. The molecule has 0 unspecified atom stereocenters. The van der Waals surface area contributed by atoms with Crippen LogP contribution in [0.25, 0.3) is 0 Å². The second-order valence-electron chi connectivity index (χ2n) is 5.43. The van der Waals surface area contributed by atoms with E-state index in [2.05, 4.69) is 68.9 Å². The van der Waals surface area contributed by atoms with E-state index >= 15 is 0 Å². The van der Waals surface area contributed by atoms with E-state index in [1.165, 1.54) is 16.7 Å². The summed E-state index contributed by atoms with van der Waals surface area (Å²) in [5, 5.41) is 3.48. The summed E-state index contributed by atoms with van der Waals surface area (Å²) in [5.74, 6) is 0. The standard InChI is InChI=1S/C16H26N2/c1-13(2)11-18(5)12-16-9-7-6-8-15(16)10-17-14(3)4/h6-9,14,17H,1,10-12H2,2-5H3. The van der Waals surface area contributed by atoms with Crippen molar-refractivity contribution in [2.75, 3.05) is 13.6 Å². The van der Waals surface area contributed by atoms with Crippen LogP contribution in [-0.2, 0) is 13.1 Å². The Morgan fingerprint density at radius 3 is 2.44 bits per heavy atom. The van der Waals surface area contributed by atoms with Crippen LogP contribution in [0.3, 0.4) is 0 Å². The van der Waals surface area contributed by atoms with Crippen LogP contribution in [0.2, 0.25) is 0 Å². The summed E-state index contributed by atoms with van der Waals surface area (Å²) in [6, 6.07) is 9.17. The highest BCUT2D eigenvalue weighted by atomic mass is 15.1. The zero-order valence-electron chi connectivity index (χ0n) is 12.2. The first-order chi connectivity index (χ1) is 8.49. The Kier molecular flexibility index (Phi) is 6.10. The van der Waals surface area contributed by atoms with Crippen LogP contribution in [0, 0.1) is 0 Å². The minimum atomic E-state index is 0.520. The van der Waals surface area contributed by atoms with E-state index in [4.69, 9.17) is 0 Å². The molecule has 1 aromatic rings. The van der Waals surface area contributed by atoms with Gasteiger partial charge in [-0.2, -0.15) is 0 Å². The minimum Gasteiger partial charge on any atom is -0.310 e. The van der Waals surface area contributed by atoms with Crippen molar-refractivity contribution in [1.29, 1.82) is 0 Å². The van der Waals surface area contributed by atoms with E-state index in [1.54, 1.807) is 0 Å². The summed E-state index contributed by atoms with van der Waals surface area (Å²) in [6.07, 6.45) is 0. The third-order valence-corrected chi connectivity index (χ3v) is 2.80. The SMILES string of the molecule is C=C(C)CN(C)Cc1ccccc1CNC(C)C. The highest BCUT2D eigenvalue weighted by Gasteiger charge is 2.05. The topological polar surface area (TPSA) is 15.3 Å². The average Bonchev–Trinajstić information content (AvgIpc) is 2.26. The van der Waals surface area contributed by atoms with Gasteiger partial charge in [0.1, 0.15) is 0 Å². The van der Waals surface area contributed by atoms with Gasteiger partial charge in [0.05, 0.1) is 0 Å². The Bertz CT molecular complexity index is 382. The third kappa shape index (κ3) is 5.48. The Hall–Kier alpha value is -1.12. The molecule has 0 amide bonds. The number of rotatable bonds is 7. The first-order valence-electron chi connectivity index (χ1n) is 6.62. The lowest BCUT2D eigenvalue weighted by Crippen LogP contribution is -2.24. The molecular formula is C16H26N2. The normalized spacial score (nSPS) is 11.2. The molecule has 2 nitrogen and oxygen atoms in total. The monoisotopic (exact) mass is 246 g/mol. The van der Waals surface area contributed by atoms with Crippen LogP contribution in [0.15, 0.2) is 36.4 Å². The molecule has 1 N–H and O–H groups in total. The predicted octanol–water partition coefficient (Wildman–Crippen LogP) is 3.19. The molecule has 18 heavy (non-hydrogen) atoms. The van der Waals surface area contributed by atoms with Crippen LogP contribution < -0.4 is 5.32 Å². The Balaban J connectivity index is 2.66. The first kappa shape index (κ1) is 14.9. The van der Waals surface area contributed by atoms with E-state index < -0.39 is 0 Å². The summed E-state index contributed by atoms with van der Waals surface area (Å²) >= 11 is 0. The van der Waals surface area contributed by atoms with Crippen molar-refractivity contribution in [2.45, 2.75) is 39.9 Å². The van der Waals surface area contributed by atoms with Crippen LogP contribution in [0.1, 0.15) is 31.9 Å². The van der Waals surface area contributed by atoms with Crippen LogP contribution in [-0.4, -0.2) is 24.5 Å². The molecule has 0 radical (unpaired) electrons. The van der Waals surface area contributed by atoms with Gasteiger partial charge in [-0.1, -0.05) is 50.3 Å². The summed E-state index contributed by atoms with van der Waals surface area (Å²) in [7, 11) is 2.14. The molecular weight excluding hydrogens is 220 g/mol. The van der Waals surface area contributed by atoms with E-state index in [0.717, 1.165) is 19.6 Å². The Morgan fingerprint density at radius 1 is 1.28 bits per heavy atom. The van der Waals surface area contributed by atoms with E-state index in [-0.39, 0.29) is 0 Å². The average molecular weight is 246 g/mol. The van der Waals surface area contributed by atoms with E-state index in [9.17, 15) is 0 Å². The predicted molar refractivity (Wildman–Crippen MR) is 79.6 cm³/mol. The van der Waals surface area contributed by atoms with Crippen molar-refractivity contribution >= 4 is 0 Å². The summed E-state index contributed by atoms with van der Waals surface area (Å²) < 4.78 is 0. The molecule has 1 aromatic carbocycles. The second-order valence-corrected chi connectivity index (χ2v) is 5.43. The maximum Gasteiger partial charge on any atom is 0.0237 e. The zero-order chi connectivity index (χ0) is 13.5. The van der Waals surface area contributed by atoms with Gasteiger partial charge in [-0.3, -0.25) is 4.90 Å². The lowest BCUT2D eigenvalue weighted by molar-refractivity contribution is 0.354. The molecule has 0 fully saturated rings. The first-order valence-corrected chi connectivity index (χ1v) is 6.62. The molecule has 0 aliphatic carbocycles. The number of hydrogen-bond acceptors (Lipinski definition) is 2. The van der Waals surface area contributed by atoms with Crippen molar-refractivity contribution in [1.82, 2.24) is 10.2 Å². The summed E-state index contributed by atoms with van der Waals surface area (Å²) in [5.41, 5.74) is 3.99. The molecule has 0 spiro atoms. The van der Waals surface area contributed by atoms with Gasteiger partial charge in [0, 0.05) is 25.7 Å². The molecule has 100 valence electrons. The number of likely N-dealkylation sites (N-methyl/N-ethyl adjacent to an activating group) is 1. The molecule has 0 bridgehead atoms. The molecule has 0 aliphatic rings. The fraction of sp³-hybridized carbons (Fsp3) is 0.500. The lowest BCUT2D eigenvalue weighted by Gasteiger charge is -2.19. The largest absolute Gasteiger partial charge is 0.310 e. The van der Waals surface area contributed by atoms with Crippen molar-refractivity contribution in [3.05, 3.63) is 47.5 Å². The van der Waals surface area contributed by atoms with Crippen LogP contribution in [0.4, 0.5) is 0 Å². The van der Waals surface area contributed by atoms with Gasteiger partial charge in [-0.15, -0.1) is 0 Å². The fourth-order valence-electron chi connectivity index (χ4n) is 2.01. The Morgan fingerprint density at radius 2 is 1.89 bits per heavy atom. The van der Waals surface area contributed by atoms with Gasteiger partial charge in [0.15, 0.2) is 0 Å². The van der Waals surface area contributed by atoms with Crippen molar-refractivity contribution < 1.29 is 0 Å². The van der Waals surface area contributed by atoms with E-state index in [0.29, 0.717) is 6.04 Å². The number of hydrogen-bond donors (Lipinski definition) is 1. The molecule has 0 atom stereocenters. The molecule has 1 rings (SSSR count). The van der Waals surface area contributed by atoms with Crippen LogP contribution in [0.5, 0.6) is 0 Å². The molecule has 2 heteroatoms. The zero-order valence-corrected chi connectivity index (χ0v) is 12.2. The Labute approximate surface area is 112 Å². The van der Waals surface area contributed by atoms with Gasteiger partial charge in [-0.25, -0.2) is 0 Å². The highest BCUT2D eigenvalue weighted by Crippen LogP contribution is 2.11. The maximum atomic E-state index is 3.96. The van der Waals surface area contributed by atoms with Gasteiger partial charge in [-0.05, 0) is 25.1 Å². The summed E-state index contributed by atoms with van der Waals surface area (Å²) in [6.45, 7) is 13.3. The van der Waals surface area contributed by atoms with Crippen molar-refractivity contribution in [3.8, 4) is 0 Å². The van der Waals surface area contributed by atoms with Crippen molar-refractivity contribution in [3.63, 3.8) is 0 Å². The van der Waals surface area contributed by atoms with Gasteiger partial charge in [0.25, 0.3) is 0 Å². The number of benzene rings is 1. The summed E-state index contributed by atoms with van der Waals surface area (Å²) in [4.78, 5) is 2.30. The maximum absolute atomic E-state index is 3.96. The quantitative estimate of drug-likeness (QED) is 0.743. The molecule has 0 heterocycles. The van der Waals surface area contributed by atoms with Crippen molar-refractivity contribution in [2.24, 2.45) is 0 Å². The molecule has 0 saturated carbocycles. The molecule has 0 aromatic heterocycles. The third-order valence-electron chi connectivity index (χ3n) is 2.80. The van der Waals surface area contributed by atoms with Gasteiger partial charge >= 0.3 is 0 Å². The van der Waals surface area contributed by atoms with Gasteiger partial charge < -0.3 is 5.32 Å². The lowest BCUT2D eigenvalue weighted by atomic mass is 10.1. The van der Waals surface area contributed by atoms with Crippen LogP contribution >= 0.6 is 0 Å². The number of nitrogens with one attached hydrogen (secondary N) is 1. The van der Waals surface area contributed by atoms with E-state index in [1.807, 2.05) is 0 Å². The molecule has 0 saturated heterocycles. The number of nitrogens with zero attached hydrogens (tertiary/aromatic N) is 1. The fourth-order valence-corrected chi connectivity index (χ4v) is 2.01. The molecule has 0 aliphatic heterocycles. The second kappa shape index (κ2) is 7.34. The van der Waals surface area contributed by atoms with Gasteiger partial charge in [0.2, 0.25) is 0 Å². The highest BCUT2D eigenvalue weighted by molar-refractivity contribution is 5.27. The minimum absolute atomic E-state index is 0.520.